The molecular weight excluding hydrogens is 307 g/mol. The van der Waals surface area contributed by atoms with Crippen LogP contribution in [0.25, 0.3) is 0 Å². The lowest BCUT2D eigenvalue weighted by molar-refractivity contribution is 0.160. The topological polar surface area (TPSA) is 15.3 Å². The molecule has 1 N–H and O–H groups in total. The summed E-state index contributed by atoms with van der Waals surface area (Å²) in [6.45, 7) is 4.20. The number of nitrogens with zero attached hydrogens (tertiary/aromatic N) is 1. The molecule has 0 amide bonds. The lowest BCUT2D eigenvalue weighted by Gasteiger charge is -2.35. The Morgan fingerprint density at radius 2 is 2.00 bits per heavy atom. The Hall–Kier alpha value is -0.450. The zero-order chi connectivity index (χ0) is 13.2. The third-order valence-electron chi connectivity index (χ3n) is 4.12. The maximum atomic E-state index is 13.6. The molecule has 2 fully saturated rings. The van der Waals surface area contributed by atoms with E-state index >= 15 is 0 Å². The van der Waals surface area contributed by atoms with Gasteiger partial charge in [-0.3, -0.25) is 4.90 Å². The second-order valence-electron chi connectivity index (χ2n) is 5.68. The minimum Gasteiger partial charge on any atom is -0.314 e. The molecule has 2 aliphatic rings. The molecule has 0 radical (unpaired) electrons. The second kappa shape index (κ2) is 5.90. The van der Waals surface area contributed by atoms with E-state index in [2.05, 4.69) is 32.2 Å². The van der Waals surface area contributed by atoms with Gasteiger partial charge in [-0.15, -0.1) is 0 Å². The molecular formula is C15H20BrFN2. The molecule has 0 aromatic heterocycles. The zero-order valence-electron chi connectivity index (χ0n) is 11.0. The Labute approximate surface area is 122 Å². The number of halogens is 2. The summed E-state index contributed by atoms with van der Waals surface area (Å²) in [6, 6.07) is 5.70. The van der Waals surface area contributed by atoms with Gasteiger partial charge in [0.2, 0.25) is 0 Å². The van der Waals surface area contributed by atoms with E-state index in [1.165, 1.54) is 25.3 Å². The molecule has 2 nitrogen and oxygen atoms in total. The summed E-state index contributed by atoms with van der Waals surface area (Å²) < 4.78 is 14.5. The van der Waals surface area contributed by atoms with E-state index in [9.17, 15) is 4.39 Å². The van der Waals surface area contributed by atoms with Crippen molar-refractivity contribution in [3.05, 3.63) is 34.1 Å². The number of hydrogen-bond acceptors (Lipinski definition) is 2. The van der Waals surface area contributed by atoms with E-state index in [4.69, 9.17) is 0 Å². The molecule has 1 saturated carbocycles. The van der Waals surface area contributed by atoms with Gasteiger partial charge in [-0.2, -0.15) is 0 Å². The van der Waals surface area contributed by atoms with Crippen molar-refractivity contribution in [3.8, 4) is 0 Å². The summed E-state index contributed by atoms with van der Waals surface area (Å²) in [7, 11) is 0. The first-order chi connectivity index (χ1) is 9.22. The minimum absolute atomic E-state index is 0.139. The van der Waals surface area contributed by atoms with Crippen LogP contribution in [-0.2, 0) is 0 Å². The fraction of sp³-hybridized carbons (Fsp3) is 0.600. The Morgan fingerprint density at radius 1 is 1.26 bits per heavy atom. The molecule has 1 aromatic rings. The Bertz CT molecular complexity index is 422. The molecule has 4 heteroatoms. The SMILES string of the molecule is Fc1cc(Br)cc([C@H](CC2CC2)N2CCNCC2)c1. The van der Waals surface area contributed by atoms with Crippen molar-refractivity contribution in [2.45, 2.75) is 25.3 Å². The molecule has 1 atom stereocenters. The predicted molar refractivity (Wildman–Crippen MR) is 78.6 cm³/mol. The average Bonchev–Trinajstić information content (AvgIpc) is 3.20. The highest BCUT2D eigenvalue weighted by molar-refractivity contribution is 9.10. The van der Waals surface area contributed by atoms with Gasteiger partial charge in [-0.25, -0.2) is 4.39 Å². The Balaban J connectivity index is 1.83. The summed E-state index contributed by atoms with van der Waals surface area (Å²) in [6.07, 6.45) is 3.87. The van der Waals surface area contributed by atoms with Gasteiger partial charge in [0.05, 0.1) is 0 Å². The molecule has 0 bridgehead atoms. The van der Waals surface area contributed by atoms with Gasteiger partial charge in [0.15, 0.2) is 0 Å². The molecule has 1 heterocycles. The number of hydrogen-bond donors (Lipinski definition) is 1. The van der Waals surface area contributed by atoms with Crippen LogP contribution in [0, 0.1) is 11.7 Å². The van der Waals surface area contributed by atoms with E-state index in [1.54, 1.807) is 6.07 Å². The highest BCUT2D eigenvalue weighted by Gasteiger charge is 2.30. The number of piperazine rings is 1. The van der Waals surface area contributed by atoms with Crippen molar-refractivity contribution in [3.63, 3.8) is 0 Å². The second-order valence-corrected chi connectivity index (χ2v) is 6.60. The summed E-state index contributed by atoms with van der Waals surface area (Å²) >= 11 is 3.42. The smallest absolute Gasteiger partial charge is 0.124 e. The lowest BCUT2D eigenvalue weighted by Crippen LogP contribution is -2.45. The minimum atomic E-state index is -0.139. The fourth-order valence-corrected chi connectivity index (χ4v) is 3.41. The molecule has 0 spiro atoms. The molecule has 1 aliphatic heterocycles. The van der Waals surface area contributed by atoms with Crippen LogP contribution < -0.4 is 5.32 Å². The largest absolute Gasteiger partial charge is 0.314 e. The highest BCUT2D eigenvalue weighted by Crippen LogP contribution is 2.40. The van der Waals surface area contributed by atoms with Crippen molar-refractivity contribution in [1.29, 1.82) is 0 Å². The normalized spacial score (nSPS) is 22.4. The van der Waals surface area contributed by atoms with Crippen molar-refractivity contribution in [2.75, 3.05) is 26.2 Å². The van der Waals surface area contributed by atoms with Crippen LogP contribution in [0.1, 0.15) is 30.9 Å². The van der Waals surface area contributed by atoms with Gasteiger partial charge < -0.3 is 5.32 Å². The van der Waals surface area contributed by atoms with Gasteiger partial charge in [0.1, 0.15) is 5.82 Å². The molecule has 1 aromatic carbocycles. The van der Waals surface area contributed by atoms with Crippen molar-refractivity contribution >= 4 is 15.9 Å². The summed E-state index contributed by atoms with van der Waals surface area (Å²) in [5.41, 5.74) is 1.13. The average molecular weight is 327 g/mol. The van der Waals surface area contributed by atoms with Crippen molar-refractivity contribution < 1.29 is 4.39 Å². The van der Waals surface area contributed by atoms with Crippen LogP contribution in [-0.4, -0.2) is 31.1 Å². The molecule has 19 heavy (non-hydrogen) atoms. The number of benzene rings is 1. The van der Waals surface area contributed by atoms with Crippen molar-refractivity contribution in [1.82, 2.24) is 10.2 Å². The summed E-state index contributed by atoms with van der Waals surface area (Å²) in [4.78, 5) is 2.51. The standard InChI is InChI=1S/C15H20BrFN2/c16-13-8-12(9-14(17)10-13)15(7-11-1-2-11)19-5-3-18-4-6-19/h8-11,15,18H,1-7H2/t15-/m0/s1. The maximum absolute atomic E-state index is 13.6. The molecule has 3 rings (SSSR count). The first-order valence-corrected chi connectivity index (χ1v) is 7.92. The summed E-state index contributed by atoms with van der Waals surface area (Å²) in [5.74, 6) is 0.710. The van der Waals surface area contributed by atoms with Gasteiger partial charge in [-0.05, 0) is 36.1 Å². The first-order valence-electron chi connectivity index (χ1n) is 7.13. The monoisotopic (exact) mass is 326 g/mol. The van der Waals surface area contributed by atoms with E-state index in [-0.39, 0.29) is 5.82 Å². The van der Waals surface area contributed by atoms with Gasteiger partial charge in [-0.1, -0.05) is 28.8 Å². The van der Waals surface area contributed by atoms with Gasteiger partial charge in [0, 0.05) is 36.7 Å². The van der Waals surface area contributed by atoms with Crippen LogP contribution >= 0.6 is 15.9 Å². The molecule has 1 aliphatic carbocycles. The quantitative estimate of drug-likeness (QED) is 0.912. The maximum Gasteiger partial charge on any atom is 0.124 e. The van der Waals surface area contributed by atoms with Gasteiger partial charge in [0.25, 0.3) is 0 Å². The van der Waals surface area contributed by atoms with E-state index in [0.717, 1.165) is 42.1 Å². The Kier molecular flexibility index (Phi) is 4.20. The number of nitrogens with one attached hydrogen (secondary N) is 1. The van der Waals surface area contributed by atoms with Crippen LogP contribution in [0.2, 0.25) is 0 Å². The third-order valence-corrected chi connectivity index (χ3v) is 4.57. The lowest BCUT2D eigenvalue weighted by atomic mass is 9.98. The van der Waals surface area contributed by atoms with Gasteiger partial charge >= 0.3 is 0 Å². The zero-order valence-corrected chi connectivity index (χ0v) is 12.6. The summed E-state index contributed by atoms with van der Waals surface area (Å²) in [5, 5.41) is 3.39. The first kappa shape index (κ1) is 13.5. The number of rotatable bonds is 4. The van der Waals surface area contributed by atoms with Crippen LogP contribution in [0.4, 0.5) is 4.39 Å². The fourth-order valence-electron chi connectivity index (χ4n) is 2.93. The predicted octanol–water partition coefficient (Wildman–Crippen LogP) is 3.33. The Morgan fingerprint density at radius 3 is 2.63 bits per heavy atom. The van der Waals surface area contributed by atoms with Crippen molar-refractivity contribution in [2.24, 2.45) is 5.92 Å². The van der Waals surface area contributed by atoms with E-state index in [0.29, 0.717) is 6.04 Å². The van der Waals surface area contributed by atoms with E-state index < -0.39 is 0 Å². The van der Waals surface area contributed by atoms with Crippen LogP contribution in [0.5, 0.6) is 0 Å². The van der Waals surface area contributed by atoms with E-state index in [1.807, 2.05) is 0 Å². The highest BCUT2D eigenvalue weighted by atomic mass is 79.9. The third kappa shape index (κ3) is 3.56. The van der Waals surface area contributed by atoms with Crippen LogP contribution in [0.15, 0.2) is 22.7 Å². The molecule has 104 valence electrons. The molecule has 0 unspecified atom stereocenters. The van der Waals surface area contributed by atoms with Crippen LogP contribution in [0.3, 0.4) is 0 Å². The molecule has 1 saturated heterocycles.